The third kappa shape index (κ3) is 15.8. The van der Waals surface area contributed by atoms with Gasteiger partial charge in [0.15, 0.2) is 17.5 Å². The fraction of sp³-hybridized carbons (Fsp3) is 0.466. The van der Waals surface area contributed by atoms with Crippen LogP contribution in [-0.4, -0.2) is 149 Å². The number of aromatic nitrogens is 11. The molecular formula is C73H89F3N16O4. The molecule has 3 saturated carbocycles. The number of pyridine rings is 3. The number of anilines is 3. The lowest BCUT2D eigenvalue weighted by Crippen LogP contribution is -2.25. The van der Waals surface area contributed by atoms with Crippen LogP contribution >= 0.6 is 0 Å². The highest BCUT2D eigenvalue weighted by Gasteiger charge is 2.41. The topological polar surface area (TPSA) is 280 Å². The van der Waals surface area contributed by atoms with Crippen molar-refractivity contribution in [3.8, 4) is 58.0 Å². The first-order valence-electron chi connectivity index (χ1n) is 31.8. The fourth-order valence-corrected chi connectivity index (χ4v) is 12.8. The molecule has 96 heavy (non-hydrogen) atoms. The zero-order chi connectivity index (χ0) is 65.5. The molecule has 5 fully saturated rings. The van der Waals surface area contributed by atoms with Crippen LogP contribution in [0.3, 0.4) is 0 Å². The fourth-order valence-electron chi connectivity index (χ4n) is 12.8. The standard InChI is InChI=1S/C25H29FN6O2.C25H29FN6O.C20H19FN4O.3CH4/c1-25(33,16-3-4-16)7-5-17-11-19-20(23-21(26)12-29-24(27)30-23)15-32(22(19)13-28-17)18-6-8-31(14-18)9-10-34-2;1-3-9-31-10-7-18(14-31)32-15-20(23-21(26)12-29-24(27)30-23)19-11-17(28-13-22(19)32)6-8-25(2,33)16-4-5-16;1-11-14-5-6-15(18-17(21)10-23-19(22)25-18)16(14)9-13(24-11)7-8-20(2,26)12-3-4-12;;;/h11-13,15-16,18,33H,3-4,6,8-10,14H2,1-2H3,(H2,27,29,30);11-13,15-16,18,33H,3-5,7,9-10,14H2,1-2H3,(H2,27,29,30);6,9-10,12,26H,3-5H2,1-2H3,(H2,22,23,25);3*1H4. The Morgan fingerprint density at radius 1 is 0.552 bits per heavy atom. The maximum absolute atomic E-state index is 14.8. The van der Waals surface area contributed by atoms with E-state index in [9.17, 15) is 28.5 Å². The van der Waals surface area contributed by atoms with E-state index in [1.165, 1.54) is 0 Å². The molecule has 8 aromatic rings. The highest BCUT2D eigenvalue weighted by Crippen LogP contribution is 2.43. The van der Waals surface area contributed by atoms with Crippen LogP contribution in [0.2, 0.25) is 0 Å². The lowest BCUT2D eigenvalue weighted by molar-refractivity contribution is 0.0976. The molecule has 2 saturated heterocycles. The lowest BCUT2D eigenvalue weighted by Gasteiger charge is -2.17. The SMILES string of the molecule is C.C.C.CCCN1CCC(n2cc(-c3nc(N)ncc3F)c3cc(C#CC(C)(O)C4CC4)ncc32)C1.COCCN1CCC(n2cc(-c3nc(N)ncc3F)c3cc(C#CC(C)(O)C4CC4)ncc32)C1.Cc1nc(C#CC(C)(O)C2CC2)cc2c1CC=C2c1nc(N)ncc1F. The van der Waals surface area contributed by atoms with Gasteiger partial charge in [0, 0.05) is 97.5 Å². The Bertz CT molecular complexity index is 4400. The first-order chi connectivity index (χ1) is 44.6. The smallest absolute Gasteiger partial charge is 0.220 e. The number of hydrogen-bond acceptors (Lipinski definition) is 18. The molecule has 5 atom stereocenters. The highest BCUT2D eigenvalue weighted by molar-refractivity contribution is 5.97. The van der Waals surface area contributed by atoms with E-state index in [2.05, 4.69) is 106 Å². The van der Waals surface area contributed by atoms with E-state index in [4.69, 9.17) is 21.9 Å². The number of halogens is 3. The van der Waals surface area contributed by atoms with Crippen LogP contribution in [0.5, 0.6) is 0 Å². The maximum atomic E-state index is 14.8. The number of hydrogen-bond donors (Lipinski definition) is 6. The van der Waals surface area contributed by atoms with Gasteiger partial charge in [0.25, 0.3) is 0 Å². The third-order valence-corrected chi connectivity index (χ3v) is 18.5. The van der Waals surface area contributed by atoms with Crippen molar-refractivity contribution in [3.63, 3.8) is 0 Å². The van der Waals surface area contributed by atoms with Gasteiger partial charge in [-0.05, 0) is 163 Å². The zero-order valence-electron chi connectivity index (χ0n) is 53.2. The number of fused-ring (bicyclic) bond motifs is 3. The van der Waals surface area contributed by atoms with Crippen LogP contribution in [0.1, 0.15) is 159 Å². The van der Waals surface area contributed by atoms with Crippen molar-refractivity contribution < 1.29 is 33.2 Å². The van der Waals surface area contributed by atoms with E-state index >= 15 is 0 Å². The van der Waals surface area contributed by atoms with Gasteiger partial charge < -0.3 is 51.3 Å². The van der Waals surface area contributed by atoms with Gasteiger partial charge in [-0.25, -0.2) is 58.0 Å². The summed E-state index contributed by atoms with van der Waals surface area (Å²) in [6.45, 7) is 15.8. The van der Waals surface area contributed by atoms with Crippen LogP contribution < -0.4 is 17.2 Å². The summed E-state index contributed by atoms with van der Waals surface area (Å²) in [5.41, 5.74) is 22.7. The van der Waals surface area contributed by atoms with Crippen molar-refractivity contribution in [2.75, 3.05) is 70.2 Å². The molecule has 0 spiro atoms. The minimum atomic E-state index is -1.03. The molecule has 10 heterocycles. The van der Waals surface area contributed by atoms with Gasteiger partial charge in [-0.3, -0.25) is 4.90 Å². The number of allylic oxidation sites excluding steroid dienone is 1. The number of rotatable bonds is 13. The van der Waals surface area contributed by atoms with Gasteiger partial charge >= 0.3 is 0 Å². The summed E-state index contributed by atoms with van der Waals surface area (Å²) in [4.78, 5) is 42.1. The Kier molecular flexibility index (Phi) is 21.8. The van der Waals surface area contributed by atoms with Crippen molar-refractivity contribution in [3.05, 3.63) is 125 Å². The number of methoxy groups -OCH3 is 1. The van der Waals surface area contributed by atoms with Crippen molar-refractivity contribution in [1.29, 1.82) is 0 Å². The van der Waals surface area contributed by atoms with Crippen LogP contribution in [0.4, 0.5) is 31.0 Å². The molecule has 20 nitrogen and oxygen atoms in total. The van der Waals surface area contributed by atoms with E-state index in [0.29, 0.717) is 46.8 Å². The molecule has 8 aromatic heterocycles. The summed E-state index contributed by atoms with van der Waals surface area (Å²) in [7, 11) is 1.71. The molecule has 2 aliphatic heterocycles. The van der Waals surface area contributed by atoms with E-state index < -0.39 is 34.3 Å². The molecule has 14 rings (SSSR count). The number of ether oxygens (including phenoxy) is 1. The van der Waals surface area contributed by atoms with E-state index in [1.807, 2.05) is 43.6 Å². The quantitative estimate of drug-likeness (QED) is 0.0585. The average molecular weight is 1310 g/mol. The average Bonchev–Trinajstić information content (AvgIpc) is 1.61. The molecule has 506 valence electrons. The summed E-state index contributed by atoms with van der Waals surface area (Å²) in [6, 6.07) is 6.00. The Morgan fingerprint density at radius 3 is 1.40 bits per heavy atom. The summed E-state index contributed by atoms with van der Waals surface area (Å²) >= 11 is 0. The van der Waals surface area contributed by atoms with Crippen LogP contribution in [0.25, 0.3) is 49.9 Å². The number of nitrogens with zero attached hydrogens (tertiary/aromatic N) is 13. The summed E-state index contributed by atoms with van der Waals surface area (Å²) in [5.74, 6) is 17.1. The molecule has 5 unspecified atom stereocenters. The molecule has 0 amide bonds. The largest absolute Gasteiger partial charge is 0.383 e. The van der Waals surface area contributed by atoms with Gasteiger partial charge in [-0.2, -0.15) is 0 Å². The first-order valence-corrected chi connectivity index (χ1v) is 31.8. The Hall–Kier alpha value is -8.86. The number of aliphatic hydroxyl groups is 3. The number of aryl methyl sites for hydroxylation is 1. The predicted octanol–water partition coefficient (Wildman–Crippen LogP) is 10.3. The molecule has 6 aliphatic rings. The van der Waals surface area contributed by atoms with Gasteiger partial charge in [-0.15, -0.1) is 0 Å². The van der Waals surface area contributed by atoms with Crippen LogP contribution in [-0.2, 0) is 11.2 Å². The van der Waals surface area contributed by atoms with Gasteiger partial charge in [0.2, 0.25) is 17.8 Å². The molecule has 23 heteroatoms. The second-order valence-corrected chi connectivity index (χ2v) is 25.8. The Morgan fingerprint density at radius 2 is 0.969 bits per heavy atom. The minimum absolute atomic E-state index is 0. The third-order valence-electron chi connectivity index (χ3n) is 18.5. The van der Waals surface area contributed by atoms with Crippen LogP contribution in [0.15, 0.2) is 67.7 Å². The van der Waals surface area contributed by atoms with Crippen molar-refractivity contribution >= 4 is 45.2 Å². The predicted molar refractivity (Wildman–Crippen MR) is 370 cm³/mol. The second kappa shape index (κ2) is 29.2. The summed E-state index contributed by atoms with van der Waals surface area (Å²) in [6.07, 6.45) is 22.4. The zero-order valence-corrected chi connectivity index (χ0v) is 53.2. The van der Waals surface area contributed by atoms with Gasteiger partial charge in [0.05, 0.1) is 48.6 Å². The number of nitrogen functional groups attached to an aromatic ring is 3. The molecule has 0 radical (unpaired) electrons. The second-order valence-electron chi connectivity index (χ2n) is 25.8. The van der Waals surface area contributed by atoms with E-state index in [1.54, 1.807) is 40.3 Å². The normalized spacial score (nSPS) is 19.1. The summed E-state index contributed by atoms with van der Waals surface area (Å²) in [5, 5.41) is 33.1. The van der Waals surface area contributed by atoms with Crippen molar-refractivity contribution in [2.45, 2.75) is 150 Å². The molecule has 0 aromatic carbocycles. The van der Waals surface area contributed by atoms with Crippen molar-refractivity contribution in [2.24, 2.45) is 17.8 Å². The van der Waals surface area contributed by atoms with E-state index in [0.717, 1.165) is 154 Å². The van der Waals surface area contributed by atoms with Gasteiger partial charge in [-0.1, -0.05) is 53.0 Å². The molecule has 9 N–H and O–H groups in total. The highest BCUT2D eigenvalue weighted by atomic mass is 19.1. The van der Waals surface area contributed by atoms with Crippen LogP contribution in [0, 0.1) is 77.7 Å². The lowest BCUT2D eigenvalue weighted by atomic mass is 9.99. The van der Waals surface area contributed by atoms with E-state index in [-0.39, 0.29) is 87.0 Å². The monoisotopic (exact) mass is 1310 g/mol. The maximum Gasteiger partial charge on any atom is 0.220 e. The number of nitrogens with two attached hydrogens (primary N) is 3. The van der Waals surface area contributed by atoms with Gasteiger partial charge in [0.1, 0.15) is 51.0 Å². The molecule has 4 aliphatic carbocycles. The molecular weight excluding hydrogens is 1220 g/mol. The summed E-state index contributed by atoms with van der Waals surface area (Å²) < 4.78 is 53.3. The molecule has 0 bridgehead atoms. The first kappa shape index (κ1) is 71.4. The number of likely N-dealkylation sites (tertiary alicyclic amines) is 2. The Labute approximate surface area is 560 Å². The Balaban J connectivity index is 0.000000168. The minimum Gasteiger partial charge on any atom is -0.383 e. The van der Waals surface area contributed by atoms with Crippen molar-refractivity contribution in [1.82, 2.24) is 63.8 Å².